The van der Waals surface area contributed by atoms with E-state index in [1.807, 2.05) is 6.07 Å². The van der Waals surface area contributed by atoms with Gasteiger partial charge in [0.1, 0.15) is 0 Å². The molecule has 1 aromatic rings. The fraction of sp³-hybridized carbons (Fsp3) is 0.625. The molecule has 1 aromatic carbocycles. The van der Waals surface area contributed by atoms with Crippen LogP contribution in [0.2, 0.25) is 5.02 Å². The molecule has 1 aliphatic heterocycles. The second-order valence-corrected chi connectivity index (χ2v) is 6.93. The van der Waals surface area contributed by atoms with Crippen molar-refractivity contribution < 1.29 is 0 Å². The van der Waals surface area contributed by atoms with Crippen LogP contribution in [0.3, 0.4) is 0 Å². The van der Waals surface area contributed by atoms with E-state index in [0.29, 0.717) is 0 Å². The van der Waals surface area contributed by atoms with Gasteiger partial charge >= 0.3 is 0 Å². The minimum atomic E-state index is 0.249. The summed E-state index contributed by atoms with van der Waals surface area (Å²) in [6.07, 6.45) is 5.19. The molecule has 0 radical (unpaired) electrons. The van der Waals surface area contributed by atoms with Crippen LogP contribution in [0.1, 0.15) is 45.1 Å². The fourth-order valence-electron chi connectivity index (χ4n) is 3.03. The van der Waals surface area contributed by atoms with Gasteiger partial charge in [0.2, 0.25) is 0 Å². The summed E-state index contributed by atoms with van der Waals surface area (Å²) < 4.78 is 0. The highest BCUT2D eigenvalue weighted by molar-refractivity contribution is 6.30. The summed E-state index contributed by atoms with van der Waals surface area (Å²) in [6, 6.07) is 7.08. The maximum absolute atomic E-state index is 6.22. The molecule has 19 heavy (non-hydrogen) atoms. The third kappa shape index (κ3) is 2.90. The summed E-state index contributed by atoms with van der Waals surface area (Å²) in [5.41, 5.74) is 2.95. The Hall–Kier alpha value is -0.730. The van der Waals surface area contributed by atoms with Crippen LogP contribution in [0.4, 0.5) is 5.69 Å². The lowest BCUT2D eigenvalue weighted by atomic mass is 10.0. The topological polar surface area (TPSA) is 15.3 Å². The number of nitrogens with one attached hydrogen (secondary N) is 1. The number of hydrogen-bond donors (Lipinski definition) is 1. The lowest BCUT2D eigenvalue weighted by Crippen LogP contribution is -2.39. The highest BCUT2D eigenvalue weighted by Crippen LogP contribution is 2.37. The van der Waals surface area contributed by atoms with Crippen LogP contribution in [-0.2, 0) is 6.54 Å². The number of benzene rings is 1. The lowest BCUT2D eigenvalue weighted by molar-refractivity contribution is 0.516. The molecular weight excluding hydrogens is 256 g/mol. The third-order valence-corrected chi connectivity index (χ3v) is 4.63. The Labute approximate surface area is 121 Å². The summed E-state index contributed by atoms with van der Waals surface area (Å²) >= 11 is 6.22. The van der Waals surface area contributed by atoms with E-state index in [0.717, 1.165) is 24.2 Å². The molecule has 2 aliphatic rings. The Kier molecular flexibility index (Phi) is 3.48. The minimum absolute atomic E-state index is 0.249. The van der Waals surface area contributed by atoms with E-state index in [2.05, 4.69) is 36.2 Å². The van der Waals surface area contributed by atoms with Crippen molar-refractivity contribution in [2.75, 3.05) is 11.4 Å². The molecular formula is C16H23ClN2. The molecule has 0 spiro atoms. The van der Waals surface area contributed by atoms with Crippen molar-refractivity contribution in [2.45, 2.75) is 57.7 Å². The molecule has 0 aromatic heterocycles. The van der Waals surface area contributed by atoms with Crippen LogP contribution < -0.4 is 10.2 Å². The van der Waals surface area contributed by atoms with Gasteiger partial charge in [-0.05, 0) is 57.2 Å². The number of rotatable bonds is 4. The molecule has 3 rings (SSSR count). The highest BCUT2D eigenvalue weighted by Gasteiger charge is 2.33. The monoisotopic (exact) mass is 278 g/mol. The molecule has 2 nitrogen and oxygen atoms in total. The summed E-state index contributed by atoms with van der Waals surface area (Å²) in [7, 11) is 0. The zero-order chi connectivity index (χ0) is 13.5. The van der Waals surface area contributed by atoms with Gasteiger partial charge in [0.15, 0.2) is 0 Å². The van der Waals surface area contributed by atoms with Crippen molar-refractivity contribution >= 4 is 17.3 Å². The van der Waals surface area contributed by atoms with E-state index >= 15 is 0 Å². The maximum Gasteiger partial charge on any atom is 0.0431 e. The van der Waals surface area contributed by atoms with E-state index < -0.39 is 0 Å². The van der Waals surface area contributed by atoms with Gasteiger partial charge in [0.05, 0.1) is 0 Å². The van der Waals surface area contributed by atoms with Crippen LogP contribution in [0.15, 0.2) is 18.2 Å². The molecule has 0 bridgehead atoms. The van der Waals surface area contributed by atoms with Crippen LogP contribution in [-0.4, -0.2) is 18.1 Å². The minimum Gasteiger partial charge on any atom is -0.366 e. The van der Waals surface area contributed by atoms with Crippen LogP contribution in [0.25, 0.3) is 0 Å². The number of anilines is 1. The van der Waals surface area contributed by atoms with E-state index in [4.69, 9.17) is 11.6 Å². The molecule has 1 N–H and O–H groups in total. The van der Waals surface area contributed by atoms with Gasteiger partial charge in [-0.25, -0.2) is 0 Å². The SMILES string of the molecule is CC1(C)CCCN1c1cc(Cl)ccc1CNC1CC1. The van der Waals surface area contributed by atoms with E-state index in [-0.39, 0.29) is 5.54 Å². The van der Waals surface area contributed by atoms with Crippen molar-refractivity contribution in [1.82, 2.24) is 5.32 Å². The predicted molar refractivity (Wildman–Crippen MR) is 82.0 cm³/mol. The molecule has 1 aliphatic carbocycles. The van der Waals surface area contributed by atoms with Crippen LogP contribution in [0, 0.1) is 0 Å². The predicted octanol–water partition coefficient (Wildman–Crippen LogP) is 3.97. The van der Waals surface area contributed by atoms with Gasteiger partial charge in [-0.1, -0.05) is 17.7 Å². The van der Waals surface area contributed by atoms with Crippen molar-refractivity contribution in [3.8, 4) is 0 Å². The van der Waals surface area contributed by atoms with Crippen LogP contribution >= 0.6 is 11.6 Å². The lowest BCUT2D eigenvalue weighted by Gasteiger charge is -2.35. The fourth-order valence-corrected chi connectivity index (χ4v) is 3.20. The third-order valence-electron chi connectivity index (χ3n) is 4.40. The van der Waals surface area contributed by atoms with Crippen molar-refractivity contribution in [3.05, 3.63) is 28.8 Å². The standard InChI is InChI=1S/C16H23ClN2/c1-16(2)8-3-9-19(16)15-10-13(17)5-4-12(15)11-18-14-6-7-14/h4-5,10,14,18H,3,6-9,11H2,1-2H3. The molecule has 2 fully saturated rings. The zero-order valence-electron chi connectivity index (χ0n) is 11.9. The average molecular weight is 279 g/mol. The van der Waals surface area contributed by atoms with Gasteiger partial charge < -0.3 is 10.2 Å². The van der Waals surface area contributed by atoms with Crippen molar-refractivity contribution in [3.63, 3.8) is 0 Å². The summed E-state index contributed by atoms with van der Waals surface area (Å²) in [5.74, 6) is 0. The summed E-state index contributed by atoms with van der Waals surface area (Å²) in [4.78, 5) is 2.53. The quantitative estimate of drug-likeness (QED) is 0.896. The van der Waals surface area contributed by atoms with E-state index in [1.165, 1.54) is 36.9 Å². The largest absolute Gasteiger partial charge is 0.366 e. The van der Waals surface area contributed by atoms with Crippen molar-refractivity contribution in [2.24, 2.45) is 0 Å². The Balaban J connectivity index is 1.86. The van der Waals surface area contributed by atoms with Crippen molar-refractivity contribution in [1.29, 1.82) is 0 Å². The molecule has 104 valence electrons. The molecule has 0 atom stereocenters. The molecule has 1 saturated heterocycles. The molecule has 0 unspecified atom stereocenters. The Morgan fingerprint density at radius 3 is 2.79 bits per heavy atom. The first-order valence-corrected chi connectivity index (χ1v) is 7.73. The normalized spacial score (nSPS) is 21.9. The smallest absolute Gasteiger partial charge is 0.0431 e. The summed E-state index contributed by atoms with van der Waals surface area (Å²) in [5, 5.41) is 4.45. The average Bonchev–Trinajstić information content (AvgIpc) is 3.11. The number of nitrogens with zero attached hydrogens (tertiary/aromatic N) is 1. The van der Waals surface area contributed by atoms with E-state index in [9.17, 15) is 0 Å². The zero-order valence-corrected chi connectivity index (χ0v) is 12.6. The first kappa shape index (κ1) is 13.3. The van der Waals surface area contributed by atoms with Gasteiger partial charge in [-0.15, -0.1) is 0 Å². The number of hydrogen-bond acceptors (Lipinski definition) is 2. The Morgan fingerprint density at radius 1 is 1.37 bits per heavy atom. The summed E-state index contributed by atoms with van der Waals surface area (Å²) in [6.45, 7) is 6.77. The highest BCUT2D eigenvalue weighted by atomic mass is 35.5. The maximum atomic E-state index is 6.22. The van der Waals surface area contributed by atoms with E-state index in [1.54, 1.807) is 0 Å². The second kappa shape index (κ2) is 4.99. The molecule has 0 amide bonds. The number of halogens is 1. The van der Waals surface area contributed by atoms with Gasteiger partial charge in [-0.2, -0.15) is 0 Å². The Bertz CT molecular complexity index is 466. The Morgan fingerprint density at radius 2 is 2.16 bits per heavy atom. The molecule has 1 saturated carbocycles. The van der Waals surface area contributed by atoms with Gasteiger partial charge in [-0.3, -0.25) is 0 Å². The first-order chi connectivity index (χ1) is 9.06. The van der Waals surface area contributed by atoms with Crippen LogP contribution in [0.5, 0.6) is 0 Å². The second-order valence-electron chi connectivity index (χ2n) is 6.50. The molecule has 1 heterocycles. The van der Waals surface area contributed by atoms with Gasteiger partial charge in [0, 0.05) is 35.4 Å². The first-order valence-electron chi connectivity index (χ1n) is 7.36. The van der Waals surface area contributed by atoms with Gasteiger partial charge in [0.25, 0.3) is 0 Å². The molecule has 3 heteroatoms.